The third-order valence-electron chi connectivity index (χ3n) is 3.15. The van der Waals surface area contributed by atoms with Crippen LogP contribution >= 0.6 is 0 Å². The number of hydrogen-bond donors (Lipinski definition) is 2. The quantitative estimate of drug-likeness (QED) is 0.602. The van der Waals surface area contributed by atoms with Crippen LogP contribution in [0.1, 0.15) is 25.8 Å². The first-order valence-corrected chi connectivity index (χ1v) is 6.22. The molecule has 2 atom stereocenters. The average molecular weight is 265 g/mol. The van der Waals surface area contributed by atoms with Crippen molar-refractivity contribution < 1.29 is 9.72 Å². The van der Waals surface area contributed by atoms with E-state index < -0.39 is 11.0 Å². The van der Waals surface area contributed by atoms with Gasteiger partial charge in [-0.2, -0.15) is 0 Å². The second kappa shape index (κ2) is 6.84. The summed E-state index contributed by atoms with van der Waals surface area (Å²) in [6, 6.07) is 5.62. The smallest absolute Gasteiger partial charge is 0.269 e. The number of nitro groups is 1. The van der Waals surface area contributed by atoms with Crippen LogP contribution in [-0.2, 0) is 11.3 Å². The molecule has 0 aliphatic rings. The maximum Gasteiger partial charge on any atom is 0.269 e. The first kappa shape index (κ1) is 15.1. The molecule has 0 fully saturated rings. The molecule has 3 N–H and O–H groups in total. The van der Waals surface area contributed by atoms with Gasteiger partial charge in [-0.1, -0.05) is 32.4 Å². The monoisotopic (exact) mass is 265 g/mol. The molecule has 1 unspecified atom stereocenters. The van der Waals surface area contributed by atoms with Crippen LogP contribution in [0, 0.1) is 16.0 Å². The largest absolute Gasteiger partial charge is 0.351 e. The van der Waals surface area contributed by atoms with Gasteiger partial charge in [-0.3, -0.25) is 14.9 Å². The summed E-state index contributed by atoms with van der Waals surface area (Å²) in [5.74, 6) is -0.133. The second-order valence-corrected chi connectivity index (χ2v) is 4.56. The molecule has 1 amide bonds. The third-order valence-corrected chi connectivity index (χ3v) is 3.15. The summed E-state index contributed by atoms with van der Waals surface area (Å²) in [6.45, 7) is 4.13. The van der Waals surface area contributed by atoms with Crippen molar-refractivity contribution in [2.75, 3.05) is 0 Å². The van der Waals surface area contributed by atoms with E-state index in [4.69, 9.17) is 5.73 Å². The fraction of sp³-hybridized carbons (Fsp3) is 0.462. The van der Waals surface area contributed by atoms with Crippen molar-refractivity contribution in [2.45, 2.75) is 32.9 Å². The Morgan fingerprint density at radius 1 is 1.53 bits per heavy atom. The van der Waals surface area contributed by atoms with Crippen molar-refractivity contribution in [1.82, 2.24) is 5.32 Å². The number of nitrogens with two attached hydrogens (primary N) is 1. The molecule has 1 rings (SSSR count). The number of nitrogens with one attached hydrogen (secondary N) is 1. The van der Waals surface area contributed by atoms with Crippen LogP contribution in [-0.4, -0.2) is 16.9 Å². The number of non-ortho nitro benzene ring substituents is 1. The molecule has 6 nitrogen and oxygen atoms in total. The van der Waals surface area contributed by atoms with E-state index in [9.17, 15) is 14.9 Å². The van der Waals surface area contributed by atoms with Crippen LogP contribution in [0.15, 0.2) is 24.3 Å². The Labute approximate surface area is 112 Å². The van der Waals surface area contributed by atoms with Crippen LogP contribution in [0.25, 0.3) is 0 Å². The van der Waals surface area contributed by atoms with Crippen molar-refractivity contribution in [1.29, 1.82) is 0 Å². The number of carbonyl (C=O) groups is 1. The van der Waals surface area contributed by atoms with E-state index in [1.54, 1.807) is 12.1 Å². The number of amides is 1. The molecule has 0 saturated carbocycles. The Morgan fingerprint density at radius 2 is 2.21 bits per heavy atom. The van der Waals surface area contributed by atoms with Gasteiger partial charge in [0.15, 0.2) is 0 Å². The third kappa shape index (κ3) is 4.33. The van der Waals surface area contributed by atoms with Gasteiger partial charge in [0.05, 0.1) is 11.0 Å². The predicted octanol–water partition coefficient (Wildman–Crippen LogP) is 1.58. The number of hydrogen-bond acceptors (Lipinski definition) is 4. The Bertz CT molecular complexity index is 462. The van der Waals surface area contributed by atoms with E-state index in [1.165, 1.54) is 12.1 Å². The summed E-state index contributed by atoms with van der Waals surface area (Å²) in [7, 11) is 0. The van der Waals surface area contributed by atoms with Gasteiger partial charge in [0, 0.05) is 18.7 Å². The van der Waals surface area contributed by atoms with Crippen LogP contribution < -0.4 is 11.1 Å². The van der Waals surface area contributed by atoms with Crippen molar-refractivity contribution in [3.05, 3.63) is 39.9 Å². The van der Waals surface area contributed by atoms with Gasteiger partial charge < -0.3 is 11.1 Å². The minimum Gasteiger partial charge on any atom is -0.351 e. The summed E-state index contributed by atoms with van der Waals surface area (Å²) < 4.78 is 0. The van der Waals surface area contributed by atoms with E-state index in [2.05, 4.69) is 5.32 Å². The minimum absolute atomic E-state index is 0.0120. The first-order chi connectivity index (χ1) is 8.95. The minimum atomic E-state index is -0.552. The zero-order valence-electron chi connectivity index (χ0n) is 11.1. The van der Waals surface area contributed by atoms with Gasteiger partial charge in [-0.05, 0) is 11.5 Å². The van der Waals surface area contributed by atoms with Crippen LogP contribution in [0.3, 0.4) is 0 Å². The lowest BCUT2D eigenvalue weighted by Gasteiger charge is -2.17. The molecule has 0 aromatic heterocycles. The molecule has 0 aliphatic heterocycles. The second-order valence-electron chi connectivity index (χ2n) is 4.56. The fourth-order valence-corrected chi connectivity index (χ4v) is 1.60. The molecule has 1 aromatic carbocycles. The van der Waals surface area contributed by atoms with Crippen molar-refractivity contribution in [2.24, 2.45) is 11.7 Å². The van der Waals surface area contributed by atoms with Gasteiger partial charge in [0.25, 0.3) is 5.69 Å². The molecule has 0 radical (unpaired) electrons. The zero-order chi connectivity index (χ0) is 14.4. The van der Waals surface area contributed by atoms with Crippen molar-refractivity contribution in [3.8, 4) is 0 Å². The highest BCUT2D eigenvalue weighted by Gasteiger charge is 2.19. The molecule has 19 heavy (non-hydrogen) atoms. The van der Waals surface area contributed by atoms with E-state index in [0.29, 0.717) is 5.56 Å². The normalized spacial score (nSPS) is 13.6. The van der Waals surface area contributed by atoms with Crippen molar-refractivity contribution >= 4 is 11.6 Å². The molecular formula is C13H19N3O3. The molecule has 104 valence electrons. The number of carbonyl (C=O) groups excluding carboxylic acids is 1. The average Bonchev–Trinajstić information content (AvgIpc) is 2.43. The summed E-state index contributed by atoms with van der Waals surface area (Å²) in [5, 5.41) is 13.3. The number of benzene rings is 1. The van der Waals surface area contributed by atoms with Gasteiger partial charge in [0.1, 0.15) is 0 Å². The standard InChI is InChI=1S/C13H19N3O3/c1-3-9(2)12(14)13(17)15-8-10-5-4-6-11(7-10)16(18)19/h4-7,9,12H,3,8,14H2,1-2H3,(H,15,17)/t9?,12-/m0/s1. The highest BCUT2D eigenvalue weighted by molar-refractivity contribution is 5.81. The van der Waals surface area contributed by atoms with Crippen LogP contribution in [0.2, 0.25) is 0 Å². The van der Waals surface area contributed by atoms with Gasteiger partial charge in [-0.25, -0.2) is 0 Å². The molecule has 1 aromatic rings. The fourth-order valence-electron chi connectivity index (χ4n) is 1.60. The molecule has 0 spiro atoms. The summed E-state index contributed by atoms with van der Waals surface area (Å²) >= 11 is 0. The SMILES string of the molecule is CCC(C)[C@H](N)C(=O)NCc1cccc([N+](=O)[O-])c1. The molecular weight excluding hydrogens is 246 g/mol. The van der Waals surface area contributed by atoms with E-state index in [-0.39, 0.29) is 24.1 Å². The van der Waals surface area contributed by atoms with E-state index in [1.807, 2.05) is 13.8 Å². The van der Waals surface area contributed by atoms with E-state index >= 15 is 0 Å². The Balaban J connectivity index is 2.59. The van der Waals surface area contributed by atoms with Gasteiger partial charge in [0.2, 0.25) is 5.91 Å². The summed E-state index contributed by atoms with van der Waals surface area (Å²) in [4.78, 5) is 21.9. The number of nitrogens with zero attached hydrogens (tertiary/aromatic N) is 1. The maximum absolute atomic E-state index is 11.8. The highest BCUT2D eigenvalue weighted by Crippen LogP contribution is 2.13. The Hall–Kier alpha value is -1.95. The zero-order valence-corrected chi connectivity index (χ0v) is 11.1. The molecule has 0 heterocycles. The lowest BCUT2D eigenvalue weighted by atomic mass is 9.99. The molecule has 0 bridgehead atoms. The number of nitro benzene ring substituents is 1. The van der Waals surface area contributed by atoms with Crippen LogP contribution in [0.5, 0.6) is 0 Å². The predicted molar refractivity (Wildman–Crippen MR) is 72.4 cm³/mol. The van der Waals surface area contributed by atoms with Gasteiger partial charge >= 0.3 is 0 Å². The van der Waals surface area contributed by atoms with Gasteiger partial charge in [-0.15, -0.1) is 0 Å². The lowest BCUT2D eigenvalue weighted by molar-refractivity contribution is -0.384. The topological polar surface area (TPSA) is 98.3 Å². The Morgan fingerprint density at radius 3 is 2.79 bits per heavy atom. The summed E-state index contributed by atoms with van der Waals surface area (Å²) in [6.07, 6.45) is 0.825. The first-order valence-electron chi connectivity index (χ1n) is 6.22. The molecule has 0 aliphatic carbocycles. The maximum atomic E-state index is 11.8. The van der Waals surface area contributed by atoms with Crippen molar-refractivity contribution in [3.63, 3.8) is 0 Å². The summed E-state index contributed by atoms with van der Waals surface area (Å²) in [5.41, 5.74) is 6.48. The Kier molecular flexibility index (Phi) is 5.44. The lowest BCUT2D eigenvalue weighted by Crippen LogP contribution is -2.44. The van der Waals surface area contributed by atoms with E-state index in [0.717, 1.165) is 6.42 Å². The molecule has 0 saturated heterocycles. The molecule has 6 heteroatoms. The van der Waals surface area contributed by atoms with Crippen LogP contribution in [0.4, 0.5) is 5.69 Å². The highest BCUT2D eigenvalue weighted by atomic mass is 16.6. The number of rotatable bonds is 6.